The minimum Gasteiger partial charge on any atom is -0.312 e. The third-order valence-corrected chi connectivity index (χ3v) is 4.44. The smallest absolute Gasteiger partial charge is 0.0975 e. The Labute approximate surface area is 132 Å². The molecule has 2 aromatic rings. The van der Waals surface area contributed by atoms with Crippen LogP contribution in [-0.2, 0) is 19.4 Å². The second-order valence-corrected chi connectivity index (χ2v) is 7.08. The molecule has 0 saturated heterocycles. The van der Waals surface area contributed by atoms with Gasteiger partial charge in [-0.1, -0.05) is 57.5 Å². The molecule has 0 amide bonds. The van der Waals surface area contributed by atoms with Gasteiger partial charge in [0.2, 0.25) is 0 Å². The lowest BCUT2D eigenvalue weighted by molar-refractivity contribution is 0.553. The molecule has 0 aliphatic heterocycles. The Morgan fingerprint density at radius 3 is 2.62 bits per heavy atom. The number of hydrogen-bond donors (Lipinski definition) is 1. The molecule has 0 saturated carbocycles. The van der Waals surface area contributed by atoms with Crippen LogP contribution in [0.1, 0.15) is 48.3 Å². The van der Waals surface area contributed by atoms with Crippen LogP contribution in [0.15, 0.2) is 30.3 Å². The highest BCUT2D eigenvalue weighted by molar-refractivity contribution is 7.11. The summed E-state index contributed by atoms with van der Waals surface area (Å²) in [5.41, 5.74) is 2.64. The summed E-state index contributed by atoms with van der Waals surface area (Å²) >= 11 is 1.87. The van der Waals surface area contributed by atoms with Crippen molar-refractivity contribution < 1.29 is 0 Å². The van der Waals surface area contributed by atoms with E-state index in [-0.39, 0.29) is 0 Å². The molecule has 0 aliphatic rings. The third-order valence-electron chi connectivity index (χ3n) is 3.35. The first-order chi connectivity index (χ1) is 10.2. The van der Waals surface area contributed by atoms with Crippen molar-refractivity contribution in [3.8, 4) is 0 Å². The molecule has 0 unspecified atom stereocenters. The number of benzene rings is 1. The van der Waals surface area contributed by atoms with Gasteiger partial charge >= 0.3 is 0 Å². The normalized spacial score (nSPS) is 11.2. The fourth-order valence-corrected chi connectivity index (χ4v) is 3.45. The number of nitrogens with zero attached hydrogens (tertiary/aromatic N) is 1. The summed E-state index contributed by atoms with van der Waals surface area (Å²) in [4.78, 5) is 6.29. The highest BCUT2D eigenvalue weighted by Crippen LogP contribution is 2.22. The summed E-state index contributed by atoms with van der Waals surface area (Å²) in [5, 5.41) is 4.79. The van der Waals surface area contributed by atoms with Crippen molar-refractivity contribution in [1.29, 1.82) is 0 Å². The highest BCUT2D eigenvalue weighted by Gasteiger charge is 2.11. The lowest BCUT2D eigenvalue weighted by Gasteiger charge is -2.06. The van der Waals surface area contributed by atoms with E-state index < -0.39 is 0 Å². The Kier molecular flexibility index (Phi) is 6.40. The summed E-state index contributed by atoms with van der Waals surface area (Å²) < 4.78 is 0. The fourth-order valence-electron chi connectivity index (χ4n) is 2.33. The standard InChI is InChI=1S/C18H26N2S/c1-4-8-16-17(13-19-12-14(2)3)21-18(20-16)11-15-9-6-5-7-10-15/h5-7,9-10,14,19H,4,8,11-13H2,1-3H3. The molecule has 21 heavy (non-hydrogen) atoms. The lowest BCUT2D eigenvalue weighted by Crippen LogP contribution is -2.19. The van der Waals surface area contributed by atoms with Crippen molar-refractivity contribution in [2.45, 2.75) is 46.6 Å². The number of aryl methyl sites for hydroxylation is 1. The van der Waals surface area contributed by atoms with Gasteiger partial charge in [0.05, 0.1) is 10.7 Å². The number of aromatic nitrogens is 1. The Bertz CT molecular complexity index is 531. The van der Waals surface area contributed by atoms with Gasteiger partial charge in [-0.25, -0.2) is 4.98 Å². The zero-order valence-corrected chi connectivity index (χ0v) is 14.2. The molecule has 1 heterocycles. The maximum Gasteiger partial charge on any atom is 0.0975 e. The molecule has 0 aliphatic carbocycles. The van der Waals surface area contributed by atoms with Crippen LogP contribution in [0.25, 0.3) is 0 Å². The van der Waals surface area contributed by atoms with E-state index in [2.05, 4.69) is 56.4 Å². The first-order valence-corrected chi connectivity index (χ1v) is 8.72. The molecular weight excluding hydrogens is 276 g/mol. The van der Waals surface area contributed by atoms with E-state index in [0.717, 1.165) is 32.4 Å². The second-order valence-electron chi connectivity index (χ2n) is 5.91. The monoisotopic (exact) mass is 302 g/mol. The van der Waals surface area contributed by atoms with Crippen LogP contribution >= 0.6 is 11.3 Å². The molecule has 3 heteroatoms. The average molecular weight is 302 g/mol. The van der Waals surface area contributed by atoms with Gasteiger partial charge < -0.3 is 5.32 Å². The van der Waals surface area contributed by atoms with Gasteiger partial charge in [0.25, 0.3) is 0 Å². The predicted octanol–water partition coefficient (Wildman–Crippen LogP) is 4.43. The zero-order valence-electron chi connectivity index (χ0n) is 13.4. The SMILES string of the molecule is CCCc1nc(Cc2ccccc2)sc1CNCC(C)C. The quantitative estimate of drug-likeness (QED) is 0.780. The number of nitrogens with one attached hydrogen (secondary N) is 1. The summed E-state index contributed by atoms with van der Waals surface area (Å²) in [6, 6.07) is 10.6. The largest absolute Gasteiger partial charge is 0.312 e. The topological polar surface area (TPSA) is 24.9 Å². The maximum atomic E-state index is 4.87. The number of rotatable bonds is 8. The van der Waals surface area contributed by atoms with Gasteiger partial charge in [0, 0.05) is 17.8 Å². The van der Waals surface area contributed by atoms with E-state index in [1.807, 2.05) is 11.3 Å². The van der Waals surface area contributed by atoms with Crippen molar-refractivity contribution in [1.82, 2.24) is 10.3 Å². The van der Waals surface area contributed by atoms with Gasteiger partial charge in [-0.05, 0) is 24.4 Å². The van der Waals surface area contributed by atoms with Crippen molar-refractivity contribution in [3.63, 3.8) is 0 Å². The Morgan fingerprint density at radius 2 is 1.95 bits per heavy atom. The van der Waals surface area contributed by atoms with Crippen molar-refractivity contribution >= 4 is 11.3 Å². The lowest BCUT2D eigenvalue weighted by atomic mass is 10.1. The first kappa shape index (κ1) is 16.2. The van der Waals surface area contributed by atoms with E-state index in [1.165, 1.54) is 21.1 Å². The van der Waals surface area contributed by atoms with E-state index in [0.29, 0.717) is 5.92 Å². The van der Waals surface area contributed by atoms with Crippen molar-refractivity contribution in [2.24, 2.45) is 5.92 Å². The van der Waals surface area contributed by atoms with Crippen LogP contribution in [0, 0.1) is 5.92 Å². The van der Waals surface area contributed by atoms with Crippen LogP contribution < -0.4 is 5.32 Å². The van der Waals surface area contributed by atoms with Crippen LogP contribution in [0.4, 0.5) is 0 Å². The molecular formula is C18H26N2S. The van der Waals surface area contributed by atoms with E-state index in [1.54, 1.807) is 0 Å². The predicted molar refractivity (Wildman–Crippen MR) is 91.9 cm³/mol. The summed E-state index contributed by atoms with van der Waals surface area (Å²) in [6.45, 7) is 8.74. The molecule has 1 aromatic carbocycles. The summed E-state index contributed by atoms with van der Waals surface area (Å²) in [6.07, 6.45) is 3.20. The molecule has 0 fully saturated rings. The third kappa shape index (κ3) is 5.25. The van der Waals surface area contributed by atoms with Gasteiger partial charge in [-0.15, -0.1) is 11.3 Å². The van der Waals surface area contributed by atoms with Gasteiger partial charge in [-0.2, -0.15) is 0 Å². The first-order valence-electron chi connectivity index (χ1n) is 7.91. The molecule has 0 bridgehead atoms. The summed E-state index contributed by atoms with van der Waals surface area (Å²) in [7, 11) is 0. The Hall–Kier alpha value is -1.19. The number of hydrogen-bond acceptors (Lipinski definition) is 3. The van der Waals surface area contributed by atoms with Crippen molar-refractivity contribution in [3.05, 3.63) is 51.5 Å². The van der Waals surface area contributed by atoms with Gasteiger partial charge in [0.15, 0.2) is 0 Å². The molecule has 0 spiro atoms. The van der Waals surface area contributed by atoms with E-state index >= 15 is 0 Å². The number of thiazole rings is 1. The fraction of sp³-hybridized carbons (Fsp3) is 0.500. The Morgan fingerprint density at radius 1 is 1.19 bits per heavy atom. The molecule has 114 valence electrons. The molecule has 0 atom stereocenters. The second kappa shape index (κ2) is 8.30. The maximum absolute atomic E-state index is 4.87. The molecule has 0 radical (unpaired) electrons. The summed E-state index contributed by atoms with van der Waals surface area (Å²) in [5.74, 6) is 0.691. The van der Waals surface area contributed by atoms with Crippen LogP contribution in [0.3, 0.4) is 0 Å². The molecule has 2 rings (SSSR count). The highest BCUT2D eigenvalue weighted by atomic mass is 32.1. The minimum atomic E-state index is 0.691. The minimum absolute atomic E-state index is 0.691. The van der Waals surface area contributed by atoms with Crippen molar-refractivity contribution in [2.75, 3.05) is 6.54 Å². The van der Waals surface area contributed by atoms with E-state index in [4.69, 9.17) is 4.98 Å². The zero-order chi connectivity index (χ0) is 15.1. The van der Waals surface area contributed by atoms with Crippen LogP contribution in [0.5, 0.6) is 0 Å². The average Bonchev–Trinajstić information content (AvgIpc) is 2.82. The molecule has 1 aromatic heterocycles. The molecule has 2 nitrogen and oxygen atoms in total. The molecule has 1 N–H and O–H groups in total. The Balaban J connectivity index is 2.05. The van der Waals surface area contributed by atoms with Crippen LogP contribution in [-0.4, -0.2) is 11.5 Å². The van der Waals surface area contributed by atoms with Gasteiger partial charge in [0.1, 0.15) is 0 Å². The van der Waals surface area contributed by atoms with Crippen LogP contribution in [0.2, 0.25) is 0 Å². The van der Waals surface area contributed by atoms with E-state index in [9.17, 15) is 0 Å². The van der Waals surface area contributed by atoms with Gasteiger partial charge in [-0.3, -0.25) is 0 Å².